The molecule has 3 heteroatoms. The van der Waals surface area contributed by atoms with Crippen molar-refractivity contribution >= 4 is 15.9 Å². The fourth-order valence-corrected chi connectivity index (χ4v) is 2.54. The molecule has 1 aromatic rings. The first kappa shape index (κ1) is 11.2. The highest BCUT2D eigenvalue weighted by Crippen LogP contribution is 2.38. The fourth-order valence-electron chi connectivity index (χ4n) is 1.78. The maximum Gasteiger partial charge on any atom is 0.0625 e. The first-order valence-corrected chi connectivity index (χ1v) is 6.76. The molecule has 0 radical (unpaired) electrons. The number of aromatic nitrogens is 2. The van der Waals surface area contributed by atoms with Gasteiger partial charge in [-0.25, -0.2) is 0 Å². The van der Waals surface area contributed by atoms with Crippen molar-refractivity contribution in [3.05, 3.63) is 18.0 Å². The van der Waals surface area contributed by atoms with Crippen molar-refractivity contribution in [3.8, 4) is 0 Å². The standard InChI is InChI=1S/C12H19BrN2/c1-9(2)15-8-7-11(14-15)5-6-12(13)10-3-4-10/h7-10,12H,3-6H2,1-2H3. The van der Waals surface area contributed by atoms with Gasteiger partial charge in [0.1, 0.15) is 0 Å². The number of alkyl halides is 1. The molecule has 1 fully saturated rings. The largest absolute Gasteiger partial charge is 0.270 e. The molecule has 2 rings (SSSR count). The highest BCUT2D eigenvalue weighted by atomic mass is 79.9. The molecule has 1 saturated carbocycles. The molecule has 0 saturated heterocycles. The Balaban J connectivity index is 1.82. The second kappa shape index (κ2) is 4.69. The second-order valence-corrected chi connectivity index (χ2v) is 5.95. The lowest BCUT2D eigenvalue weighted by molar-refractivity contribution is 0.524. The van der Waals surface area contributed by atoms with Crippen LogP contribution in [-0.4, -0.2) is 14.6 Å². The van der Waals surface area contributed by atoms with Crippen molar-refractivity contribution in [2.24, 2.45) is 5.92 Å². The van der Waals surface area contributed by atoms with Crippen LogP contribution in [-0.2, 0) is 6.42 Å². The van der Waals surface area contributed by atoms with Crippen molar-refractivity contribution in [1.29, 1.82) is 0 Å². The molecule has 0 N–H and O–H groups in total. The first-order chi connectivity index (χ1) is 7.16. The third kappa shape index (κ3) is 3.07. The Morgan fingerprint density at radius 1 is 1.53 bits per heavy atom. The molecule has 0 aliphatic heterocycles. The highest BCUT2D eigenvalue weighted by molar-refractivity contribution is 9.09. The van der Waals surface area contributed by atoms with E-state index in [1.807, 2.05) is 4.68 Å². The van der Waals surface area contributed by atoms with Gasteiger partial charge in [-0.05, 0) is 51.5 Å². The SMILES string of the molecule is CC(C)n1ccc(CCC(Br)C2CC2)n1. The van der Waals surface area contributed by atoms with Crippen LogP contribution in [0.2, 0.25) is 0 Å². The topological polar surface area (TPSA) is 17.8 Å². The van der Waals surface area contributed by atoms with Gasteiger partial charge < -0.3 is 0 Å². The van der Waals surface area contributed by atoms with E-state index in [-0.39, 0.29) is 0 Å². The Morgan fingerprint density at radius 3 is 2.80 bits per heavy atom. The average Bonchev–Trinajstić information content (AvgIpc) is 2.93. The van der Waals surface area contributed by atoms with Crippen molar-refractivity contribution in [3.63, 3.8) is 0 Å². The molecule has 1 aliphatic carbocycles. The minimum Gasteiger partial charge on any atom is -0.270 e. The van der Waals surface area contributed by atoms with E-state index in [1.165, 1.54) is 25.0 Å². The van der Waals surface area contributed by atoms with Crippen LogP contribution in [0.3, 0.4) is 0 Å². The zero-order valence-corrected chi connectivity index (χ0v) is 11.1. The Kier molecular flexibility index (Phi) is 3.49. The minimum atomic E-state index is 0.474. The maximum atomic E-state index is 4.56. The quantitative estimate of drug-likeness (QED) is 0.748. The number of aryl methyl sites for hydroxylation is 1. The normalized spacial score (nSPS) is 18.4. The molecular weight excluding hydrogens is 252 g/mol. The number of hydrogen-bond donors (Lipinski definition) is 0. The van der Waals surface area contributed by atoms with Gasteiger partial charge in [0.25, 0.3) is 0 Å². The smallest absolute Gasteiger partial charge is 0.0625 e. The van der Waals surface area contributed by atoms with Gasteiger partial charge in [-0.15, -0.1) is 0 Å². The lowest BCUT2D eigenvalue weighted by Crippen LogP contribution is -2.05. The molecule has 0 aromatic carbocycles. The summed E-state index contributed by atoms with van der Waals surface area (Å²) in [6.45, 7) is 4.32. The molecule has 2 nitrogen and oxygen atoms in total. The Hall–Kier alpha value is -0.310. The van der Waals surface area contributed by atoms with Gasteiger partial charge in [-0.1, -0.05) is 15.9 Å². The summed E-state index contributed by atoms with van der Waals surface area (Å²) in [6.07, 6.45) is 7.24. The monoisotopic (exact) mass is 270 g/mol. The summed E-state index contributed by atoms with van der Waals surface area (Å²) in [6, 6.07) is 2.62. The summed E-state index contributed by atoms with van der Waals surface area (Å²) in [4.78, 5) is 0.710. The van der Waals surface area contributed by atoms with Crippen LogP contribution in [0.15, 0.2) is 12.3 Å². The summed E-state index contributed by atoms with van der Waals surface area (Å²) in [5, 5.41) is 4.56. The van der Waals surface area contributed by atoms with E-state index in [4.69, 9.17) is 0 Å². The molecule has 1 heterocycles. The van der Waals surface area contributed by atoms with Gasteiger partial charge in [0, 0.05) is 17.1 Å². The molecule has 0 amide bonds. The molecular formula is C12H19BrN2. The predicted octanol–water partition coefficient (Wildman–Crippen LogP) is 3.57. The molecule has 84 valence electrons. The summed E-state index contributed by atoms with van der Waals surface area (Å²) < 4.78 is 2.04. The third-order valence-corrected chi connectivity index (χ3v) is 4.21. The van der Waals surface area contributed by atoms with E-state index >= 15 is 0 Å². The van der Waals surface area contributed by atoms with Crippen LogP contribution in [0, 0.1) is 5.92 Å². The molecule has 1 unspecified atom stereocenters. The van der Waals surface area contributed by atoms with E-state index < -0.39 is 0 Å². The molecule has 1 aromatic heterocycles. The van der Waals surface area contributed by atoms with Gasteiger partial charge in [0.2, 0.25) is 0 Å². The van der Waals surface area contributed by atoms with Crippen LogP contribution in [0.5, 0.6) is 0 Å². The number of nitrogens with zero attached hydrogens (tertiary/aromatic N) is 2. The number of halogens is 1. The lowest BCUT2D eigenvalue weighted by atomic mass is 10.1. The van der Waals surface area contributed by atoms with Gasteiger partial charge in [-0.2, -0.15) is 5.10 Å². The average molecular weight is 271 g/mol. The predicted molar refractivity (Wildman–Crippen MR) is 66.4 cm³/mol. The maximum absolute atomic E-state index is 4.56. The molecule has 0 bridgehead atoms. The van der Waals surface area contributed by atoms with E-state index in [2.05, 4.69) is 47.1 Å². The van der Waals surface area contributed by atoms with Crippen LogP contribution in [0.25, 0.3) is 0 Å². The highest BCUT2D eigenvalue weighted by Gasteiger charge is 2.28. The molecule has 1 atom stereocenters. The fraction of sp³-hybridized carbons (Fsp3) is 0.750. The number of hydrogen-bond acceptors (Lipinski definition) is 1. The van der Waals surface area contributed by atoms with Crippen LogP contribution in [0.1, 0.15) is 44.8 Å². The summed E-state index contributed by atoms with van der Waals surface area (Å²) in [5.74, 6) is 0.942. The van der Waals surface area contributed by atoms with Gasteiger partial charge in [0.05, 0.1) is 5.69 Å². The van der Waals surface area contributed by atoms with Gasteiger partial charge in [-0.3, -0.25) is 4.68 Å². The van der Waals surface area contributed by atoms with Crippen molar-refractivity contribution < 1.29 is 0 Å². The summed E-state index contributed by atoms with van der Waals surface area (Å²) in [5.41, 5.74) is 1.23. The summed E-state index contributed by atoms with van der Waals surface area (Å²) >= 11 is 3.76. The first-order valence-electron chi connectivity index (χ1n) is 5.85. The molecule has 0 spiro atoms. The molecule has 1 aliphatic rings. The second-order valence-electron chi connectivity index (χ2n) is 4.77. The van der Waals surface area contributed by atoms with Crippen molar-refractivity contribution in [1.82, 2.24) is 9.78 Å². The van der Waals surface area contributed by atoms with Crippen molar-refractivity contribution in [2.75, 3.05) is 0 Å². The lowest BCUT2D eigenvalue weighted by Gasteiger charge is -2.06. The van der Waals surface area contributed by atoms with Crippen LogP contribution >= 0.6 is 15.9 Å². The van der Waals surface area contributed by atoms with E-state index in [0.717, 1.165) is 12.3 Å². The molecule has 15 heavy (non-hydrogen) atoms. The summed E-state index contributed by atoms with van der Waals surface area (Å²) in [7, 11) is 0. The Morgan fingerprint density at radius 2 is 2.27 bits per heavy atom. The number of rotatable bonds is 5. The van der Waals surface area contributed by atoms with Crippen molar-refractivity contribution in [2.45, 2.75) is 50.4 Å². The van der Waals surface area contributed by atoms with E-state index in [0.29, 0.717) is 10.9 Å². The van der Waals surface area contributed by atoms with Crippen LogP contribution in [0.4, 0.5) is 0 Å². The minimum absolute atomic E-state index is 0.474. The third-order valence-electron chi connectivity index (χ3n) is 3.00. The zero-order chi connectivity index (χ0) is 10.8. The van der Waals surface area contributed by atoms with E-state index in [1.54, 1.807) is 0 Å². The van der Waals surface area contributed by atoms with Gasteiger partial charge >= 0.3 is 0 Å². The Bertz CT molecular complexity index is 315. The van der Waals surface area contributed by atoms with Gasteiger partial charge in [0.15, 0.2) is 0 Å². The zero-order valence-electron chi connectivity index (χ0n) is 9.49. The van der Waals surface area contributed by atoms with Crippen LogP contribution < -0.4 is 0 Å². The Labute approximate surface area is 100 Å². The van der Waals surface area contributed by atoms with E-state index in [9.17, 15) is 0 Å².